The van der Waals surface area contributed by atoms with Crippen LogP contribution in [0.3, 0.4) is 0 Å². The Kier molecular flexibility index (Phi) is 4.26. The molecule has 102 valence electrons. The Hall–Kier alpha value is -1.34. The summed E-state index contributed by atoms with van der Waals surface area (Å²) in [5.41, 5.74) is 0. The topological polar surface area (TPSA) is 75.7 Å². The van der Waals surface area contributed by atoms with E-state index in [4.69, 9.17) is 0 Å². The fourth-order valence-corrected chi connectivity index (χ4v) is 3.78. The van der Waals surface area contributed by atoms with E-state index >= 15 is 0 Å². The number of aryl methyl sites for hydroxylation is 1. The molecular weight excluding hydrogens is 282 g/mol. The van der Waals surface area contributed by atoms with Crippen molar-refractivity contribution in [1.29, 1.82) is 0 Å². The molecule has 0 amide bonds. The van der Waals surface area contributed by atoms with Crippen molar-refractivity contribution in [3.05, 3.63) is 35.9 Å². The van der Waals surface area contributed by atoms with Crippen LogP contribution in [0.2, 0.25) is 0 Å². The third-order valence-electron chi connectivity index (χ3n) is 2.51. The van der Waals surface area contributed by atoms with Crippen molar-refractivity contribution in [1.82, 2.24) is 15.2 Å². The van der Waals surface area contributed by atoms with Crippen LogP contribution in [0.1, 0.15) is 18.6 Å². The summed E-state index contributed by atoms with van der Waals surface area (Å²) < 4.78 is 23.3. The molecule has 1 N–H and O–H groups in total. The van der Waals surface area contributed by atoms with Crippen LogP contribution in [0.25, 0.3) is 0 Å². The van der Waals surface area contributed by atoms with Crippen molar-refractivity contribution in [2.75, 3.05) is 6.26 Å². The minimum atomic E-state index is -3.20. The van der Waals surface area contributed by atoms with Gasteiger partial charge in [-0.05, 0) is 12.1 Å². The number of sulfone groups is 1. The lowest BCUT2D eigenvalue weighted by atomic mass is 10.4. The van der Waals surface area contributed by atoms with Crippen LogP contribution >= 0.6 is 11.8 Å². The van der Waals surface area contributed by atoms with Crippen molar-refractivity contribution < 1.29 is 8.42 Å². The van der Waals surface area contributed by atoms with E-state index < -0.39 is 9.84 Å². The molecule has 1 aromatic heterocycles. The third kappa shape index (κ3) is 3.57. The Balaban J connectivity index is 2.16. The summed E-state index contributed by atoms with van der Waals surface area (Å²) in [5.74, 6) is 2.09. The van der Waals surface area contributed by atoms with Crippen molar-refractivity contribution in [2.24, 2.45) is 0 Å². The summed E-state index contributed by atoms with van der Waals surface area (Å²) in [7, 11) is -3.20. The van der Waals surface area contributed by atoms with Crippen LogP contribution in [-0.2, 0) is 22.0 Å². The highest BCUT2D eigenvalue weighted by Crippen LogP contribution is 2.28. The number of aromatic amines is 1. The normalized spacial score (nSPS) is 11.7. The van der Waals surface area contributed by atoms with Gasteiger partial charge < -0.3 is 0 Å². The Morgan fingerprint density at radius 2 is 2.05 bits per heavy atom. The van der Waals surface area contributed by atoms with Crippen molar-refractivity contribution in [2.45, 2.75) is 28.9 Å². The molecule has 2 aromatic rings. The Morgan fingerprint density at radius 1 is 1.32 bits per heavy atom. The third-order valence-corrected chi connectivity index (χ3v) is 4.88. The predicted molar refractivity (Wildman–Crippen MR) is 74.9 cm³/mol. The zero-order chi connectivity index (χ0) is 13.9. The van der Waals surface area contributed by atoms with Crippen LogP contribution in [0, 0.1) is 0 Å². The van der Waals surface area contributed by atoms with Gasteiger partial charge in [-0.2, -0.15) is 5.10 Å². The maximum Gasteiger partial charge on any atom is 0.176 e. The molecule has 7 heteroatoms. The molecule has 0 aliphatic carbocycles. The van der Waals surface area contributed by atoms with Gasteiger partial charge in [0.05, 0.1) is 10.6 Å². The Morgan fingerprint density at radius 3 is 2.68 bits per heavy atom. The lowest BCUT2D eigenvalue weighted by Gasteiger charge is -2.05. The number of aromatic nitrogens is 3. The van der Waals surface area contributed by atoms with Gasteiger partial charge in [0.25, 0.3) is 0 Å². The lowest BCUT2D eigenvalue weighted by molar-refractivity contribution is 0.600. The average Bonchev–Trinajstić information content (AvgIpc) is 2.83. The SMILES string of the molecule is CCc1n[nH]c(CSc2ccccc2S(C)(=O)=O)n1. The number of thioether (sulfide) groups is 1. The molecule has 0 unspecified atom stereocenters. The largest absolute Gasteiger partial charge is 0.262 e. The average molecular weight is 297 g/mol. The fraction of sp³-hybridized carbons (Fsp3) is 0.333. The lowest BCUT2D eigenvalue weighted by Crippen LogP contribution is -1.99. The molecule has 5 nitrogen and oxygen atoms in total. The molecule has 0 aliphatic heterocycles. The molecule has 0 aliphatic rings. The molecule has 0 spiro atoms. The quantitative estimate of drug-likeness (QED) is 0.855. The molecule has 0 radical (unpaired) electrons. The Labute approximate surface area is 116 Å². The molecule has 2 rings (SSSR count). The van der Waals surface area contributed by atoms with E-state index in [0.717, 1.165) is 23.0 Å². The standard InChI is InChI=1S/C12H15N3O2S2/c1-3-11-13-12(15-14-11)8-18-9-6-4-5-7-10(9)19(2,16)17/h4-7H,3,8H2,1-2H3,(H,13,14,15). The van der Waals surface area contributed by atoms with E-state index in [0.29, 0.717) is 10.6 Å². The number of rotatable bonds is 5. The van der Waals surface area contributed by atoms with Gasteiger partial charge in [0.15, 0.2) is 9.84 Å². The number of hydrogen-bond acceptors (Lipinski definition) is 5. The van der Waals surface area contributed by atoms with E-state index in [-0.39, 0.29) is 0 Å². The molecule has 0 bridgehead atoms. The second kappa shape index (κ2) is 5.75. The molecule has 0 saturated heterocycles. The highest BCUT2D eigenvalue weighted by molar-refractivity contribution is 7.99. The maximum absolute atomic E-state index is 11.7. The van der Waals surface area contributed by atoms with E-state index in [1.165, 1.54) is 18.0 Å². The monoisotopic (exact) mass is 297 g/mol. The summed E-state index contributed by atoms with van der Waals surface area (Å²) in [6, 6.07) is 6.98. The van der Waals surface area contributed by atoms with Crippen LogP contribution in [0.15, 0.2) is 34.1 Å². The maximum atomic E-state index is 11.7. The van der Waals surface area contributed by atoms with E-state index in [2.05, 4.69) is 15.2 Å². The van der Waals surface area contributed by atoms with Gasteiger partial charge in [0.2, 0.25) is 0 Å². The van der Waals surface area contributed by atoms with Gasteiger partial charge in [0, 0.05) is 17.6 Å². The van der Waals surface area contributed by atoms with Crippen LogP contribution in [0.5, 0.6) is 0 Å². The summed E-state index contributed by atoms with van der Waals surface area (Å²) in [6.07, 6.45) is 2.00. The van der Waals surface area contributed by atoms with Crippen LogP contribution in [-0.4, -0.2) is 29.9 Å². The highest BCUT2D eigenvalue weighted by Gasteiger charge is 2.13. The van der Waals surface area contributed by atoms with Crippen LogP contribution in [0.4, 0.5) is 0 Å². The summed E-state index contributed by atoms with van der Waals surface area (Å²) in [5, 5.41) is 6.90. The fourth-order valence-electron chi connectivity index (χ4n) is 1.58. The molecule has 0 fully saturated rings. The van der Waals surface area contributed by atoms with Gasteiger partial charge in [-0.25, -0.2) is 13.4 Å². The van der Waals surface area contributed by atoms with Gasteiger partial charge in [-0.15, -0.1) is 11.8 Å². The van der Waals surface area contributed by atoms with Gasteiger partial charge >= 0.3 is 0 Å². The van der Waals surface area contributed by atoms with E-state index in [1.54, 1.807) is 18.2 Å². The van der Waals surface area contributed by atoms with E-state index in [9.17, 15) is 8.42 Å². The van der Waals surface area contributed by atoms with Gasteiger partial charge in [-0.1, -0.05) is 19.1 Å². The van der Waals surface area contributed by atoms with Gasteiger partial charge in [-0.3, -0.25) is 5.10 Å². The smallest absolute Gasteiger partial charge is 0.176 e. The van der Waals surface area contributed by atoms with E-state index in [1.807, 2.05) is 13.0 Å². The number of hydrogen-bond donors (Lipinski definition) is 1. The number of nitrogens with one attached hydrogen (secondary N) is 1. The van der Waals surface area contributed by atoms with Gasteiger partial charge in [0.1, 0.15) is 11.6 Å². The van der Waals surface area contributed by atoms with Crippen molar-refractivity contribution in [3.63, 3.8) is 0 Å². The Bertz CT molecular complexity index is 665. The molecule has 1 aromatic carbocycles. The number of nitrogens with zero attached hydrogens (tertiary/aromatic N) is 2. The first-order valence-corrected chi connectivity index (χ1v) is 8.70. The van der Waals surface area contributed by atoms with Crippen molar-refractivity contribution >= 4 is 21.6 Å². The van der Waals surface area contributed by atoms with Crippen LogP contribution < -0.4 is 0 Å². The second-order valence-corrected chi connectivity index (χ2v) is 7.06. The zero-order valence-electron chi connectivity index (χ0n) is 10.8. The second-order valence-electron chi connectivity index (χ2n) is 4.06. The number of H-pyrrole nitrogens is 1. The summed E-state index contributed by atoms with van der Waals surface area (Å²) in [6.45, 7) is 1.99. The first kappa shape index (κ1) is 14.1. The zero-order valence-corrected chi connectivity index (χ0v) is 12.4. The predicted octanol–water partition coefficient (Wildman–Crippen LogP) is 2.06. The molecule has 0 atom stereocenters. The molecular formula is C12H15N3O2S2. The first-order valence-electron chi connectivity index (χ1n) is 5.82. The minimum Gasteiger partial charge on any atom is -0.262 e. The van der Waals surface area contributed by atoms with Crippen molar-refractivity contribution in [3.8, 4) is 0 Å². The highest BCUT2D eigenvalue weighted by atomic mass is 32.2. The molecule has 1 heterocycles. The number of benzene rings is 1. The molecule has 19 heavy (non-hydrogen) atoms. The first-order chi connectivity index (χ1) is 9.00. The minimum absolute atomic E-state index is 0.357. The summed E-state index contributed by atoms with van der Waals surface area (Å²) in [4.78, 5) is 5.39. The molecule has 0 saturated carbocycles. The summed E-state index contributed by atoms with van der Waals surface area (Å²) >= 11 is 1.44.